The molecule has 8 nitrogen and oxygen atoms in total. The molecule has 0 bridgehead atoms. The molecule has 2 rings (SSSR count). The fourth-order valence-electron chi connectivity index (χ4n) is 2.68. The zero-order chi connectivity index (χ0) is 15.4. The van der Waals surface area contributed by atoms with Crippen LogP contribution >= 0.6 is 0 Å². The number of hydrogen-bond acceptors (Lipinski definition) is 6. The molecule has 1 saturated heterocycles. The van der Waals surface area contributed by atoms with Crippen LogP contribution in [0.4, 0.5) is 11.5 Å². The molecule has 1 aromatic heterocycles. The van der Waals surface area contributed by atoms with Crippen molar-refractivity contribution in [1.29, 1.82) is 0 Å². The number of rotatable bonds is 6. The van der Waals surface area contributed by atoms with E-state index in [4.69, 9.17) is 10.2 Å². The van der Waals surface area contributed by atoms with Gasteiger partial charge in [-0.05, 0) is 25.7 Å². The smallest absolute Gasteiger partial charge is 0.342 e. The van der Waals surface area contributed by atoms with Crippen LogP contribution in [0.2, 0.25) is 0 Å². The molecular weight excluding hydrogens is 278 g/mol. The molecule has 0 aromatic carbocycles. The van der Waals surface area contributed by atoms with Crippen molar-refractivity contribution in [2.45, 2.75) is 31.7 Å². The summed E-state index contributed by atoms with van der Waals surface area (Å²) in [6.45, 7) is 0.846. The van der Waals surface area contributed by atoms with Crippen molar-refractivity contribution in [2.75, 3.05) is 18.1 Å². The van der Waals surface area contributed by atoms with E-state index in [-0.39, 0.29) is 18.2 Å². The number of aromatic carboxylic acids is 1. The lowest BCUT2D eigenvalue weighted by Gasteiger charge is -2.25. The zero-order valence-electron chi connectivity index (χ0n) is 11.4. The van der Waals surface area contributed by atoms with Gasteiger partial charge in [0.25, 0.3) is 0 Å². The standard InChI is InChI=1S/C13H17N3O5/c17-6-2-4-9-3-1-5-15(9)12-7-10(13(18)19)11(8-14-12)16(20)21/h7-9,17H,1-6H2,(H,18,19). The number of carboxylic acid groups (broad SMARTS) is 1. The number of aliphatic hydroxyl groups excluding tert-OH is 1. The minimum Gasteiger partial charge on any atom is -0.477 e. The van der Waals surface area contributed by atoms with E-state index in [1.165, 1.54) is 6.07 Å². The summed E-state index contributed by atoms with van der Waals surface area (Å²) in [4.78, 5) is 27.3. The first-order valence-corrected chi connectivity index (χ1v) is 6.80. The minimum absolute atomic E-state index is 0.110. The van der Waals surface area contributed by atoms with Crippen LogP contribution in [0, 0.1) is 10.1 Å². The highest BCUT2D eigenvalue weighted by Crippen LogP contribution is 2.29. The summed E-state index contributed by atoms with van der Waals surface area (Å²) in [6.07, 6.45) is 4.36. The second-order valence-corrected chi connectivity index (χ2v) is 4.98. The quantitative estimate of drug-likeness (QED) is 0.602. The molecule has 1 aromatic rings. The summed E-state index contributed by atoms with van der Waals surface area (Å²) < 4.78 is 0. The Morgan fingerprint density at radius 2 is 2.33 bits per heavy atom. The molecule has 0 saturated carbocycles. The van der Waals surface area contributed by atoms with E-state index in [0.29, 0.717) is 12.2 Å². The first-order valence-electron chi connectivity index (χ1n) is 6.80. The fraction of sp³-hybridized carbons (Fsp3) is 0.538. The Balaban J connectivity index is 2.29. The number of carboxylic acids is 1. The molecule has 0 aliphatic carbocycles. The Hall–Kier alpha value is -2.22. The van der Waals surface area contributed by atoms with Crippen LogP contribution in [-0.4, -0.2) is 45.3 Å². The van der Waals surface area contributed by atoms with Crippen molar-refractivity contribution in [1.82, 2.24) is 4.98 Å². The van der Waals surface area contributed by atoms with Gasteiger partial charge in [-0.3, -0.25) is 10.1 Å². The van der Waals surface area contributed by atoms with Crippen LogP contribution in [-0.2, 0) is 0 Å². The van der Waals surface area contributed by atoms with Crippen LogP contribution in [0.5, 0.6) is 0 Å². The van der Waals surface area contributed by atoms with Crippen molar-refractivity contribution < 1.29 is 19.9 Å². The Kier molecular flexibility index (Phi) is 4.69. The molecule has 1 aliphatic rings. The van der Waals surface area contributed by atoms with E-state index in [1.807, 2.05) is 4.90 Å². The lowest BCUT2D eigenvalue weighted by molar-refractivity contribution is -0.385. The maximum absolute atomic E-state index is 11.2. The van der Waals surface area contributed by atoms with Gasteiger partial charge in [0.05, 0.1) is 4.92 Å². The first kappa shape index (κ1) is 15.2. The highest BCUT2D eigenvalue weighted by Gasteiger charge is 2.28. The minimum atomic E-state index is -1.34. The zero-order valence-corrected chi connectivity index (χ0v) is 11.4. The van der Waals surface area contributed by atoms with Gasteiger partial charge < -0.3 is 15.1 Å². The molecule has 114 valence electrons. The van der Waals surface area contributed by atoms with Crippen LogP contribution in [0.3, 0.4) is 0 Å². The number of hydrogen-bond donors (Lipinski definition) is 2. The van der Waals surface area contributed by atoms with Gasteiger partial charge in [0.2, 0.25) is 0 Å². The van der Waals surface area contributed by atoms with E-state index < -0.39 is 16.6 Å². The highest BCUT2D eigenvalue weighted by molar-refractivity contribution is 5.93. The number of pyridine rings is 1. The van der Waals surface area contributed by atoms with Gasteiger partial charge in [0.15, 0.2) is 0 Å². The number of nitro groups is 1. The summed E-state index contributed by atoms with van der Waals surface area (Å²) in [5.74, 6) is -0.894. The first-order chi connectivity index (χ1) is 10.0. The summed E-state index contributed by atoms with van der Waals surface area (Å²) in [5, 5.41) is 28.8. The van der Waals surface area contributed by atoms with Crippen LogP contribution in [0.1, 0.15) is 36.0 Å². The molecule has 2 N–H and O–H groups in total. The Morgan fingerprint density at radius 3 is 2.95 bits per heavy atom. The summed E-state index contributed by atoms with van der Waals surface area (Å²) in [7, 11) is 0. The van der Waals surface area contributed by atoms with Crippen LogP contribution in [0.15, 0.2) is 12.3 Å². The maximum Gasteiger partial charge on any atom is 0.342 e. The lowest BCUT2D eigenvalue weighted by atomic mass is 10.1. The summed E-state index contributed by atoms with van der Waals surface area (Å²) in [5.41, 5.74) is -0.852. The van der Waals surface area contributed by atoms with Crippen LogP contribution in [0.25, 0.3) is 0 Å². The van der Waals surface area contributed by atoms with Crippen molar-refractivity contribution in [3.05, 3.63) is 27.9 Å². The Labute approximate surface area is 121 Å². The predicted molar refractivity (Wildman–Crippen MR) is 74.5 cm³/mol. The summed E-state index contributed by atoms with van der Waals surface area (Å²) in [6, 6.07) is 1.45. The molecule has 2 heterocycles. The monoisotopic (exact) mass is 295 g/mol. The average molecular weight is 295 g/mol. The second kappa shape index (κ2) is 6.49. The van der Waals surface area contributed by atoms with E-state index in [0.717, 1.165) is 32.0 Å². The molecule has 0 radical (unpaired) electrons. The number of anilines is 1. The Morgan fingerprint density at radius 1 is 1.57 bits per heavy atom. The van der Waals surface area contributed by atoms with Crippen LogP contribution < -0.4 is 4.90 Å². The molecule has 1 unspecified atom stereocenters. The largest absolute Gasteiger partial charge is 0.477 e. The van der Waals surface area contributed by atoms with Crippen molar-refractivity contribution in [3.8, 4) is 0 Å². The van der Waals surface area contributed by atoms with E-state index in [9.17, 15) is 14.9 Å². The maximum atomic E-state index is 11.2. The van der Waals surface area contributed by atoms with E-state index in [1.54, 1.807) is 0 Å². The molecule has 8 heteroatoms. The molecule has 0 spiro atoms. The second-order valence-electron chi connectivity index (χ2n) is 4.98. The Bertz CT molecular complexity index is 549. The van der Waals surface area contributed by atoms with Gasteiger partial charge in [-0.25, -0.2) is 9.78 Å². The number of aliphatic hydroxyl groups is 1. The van der Waals surface area contributed by atoms with Crippen molar-refractivity contribution in [3.63, 3.8) is 0 Å². The van der Waals surface area contributed by atoms with Gasteiger partial charge in [-0.1, -0.05) is 0 Å². The van der Waals surface area contributed by atoms with Gasteiger partial charge in [0.1, 0.15) is 17.6 Å². The molecule has 1 atom stereocenters. The van der Waals surface area contributed by atoms with Gasteiger partial charge >= 0.3 is 11.7 Å². The third-order valence-corrected chi connectivity index (χ3v) is 3.66. The van der Waals surface area contributed by atoms with Gasteiger partial charge in [-0.15, -0.1) is 0 Å². The van der Waals surface area contributed by atoms with E-state index in [2.05, 4.69) is 4.98 Å². The SMILES string of the molecule is O=C(O)c1cc(N2CCCC2CCCO)ncc1[N+](=O)[O-]. The number of carbonyl (C=O) groups is 1. The van der Waals surface area contributed by atoms with Crippen molar-refractivity contribution in [2.24, 2.45) is 0 Å². The van der Waals surface area contributed by atoms with E-state index >= 15 is 0 Å². The summed E-state index contributed by atoms with van der Waals surface area (Å²) >= 11 is 0. The molecule has 0 amide bonds. The molecule has 1 aliphatic heterocycles. The number of aromatic nitrogens is 1. The van der Waals surface area contributed by atoms with Gasteiger partial charge in [0, 0.05) is 25.3 Å². The fourth-order valence-corrected chi connectivity index (χ4v) is 2.68. The topological polar surface area (TPSA) is 117 Å². The molecule has 21 heavy (non-hydrogen) atoms. The van der Waals surface area contributed by atoms with Gasteiger partial charge in [-0.2, -0.15) is 0 Å². The number of nitrogens with zero attached hydrogens (tertiary/aromatic N) is 3. The van der Waals surface area contributed by atoms with Crippen molar-refractivity contribution >= 4 is 17.5 Å². The highest BCUT2D eigenvalue weighted by atomic mass is 16.6. The lowest BCUT2D eigenvalue weighted by Crippen LogP contribution is -2.30. The normalized spacial score (nSPS) is 18.0. The predicted octanol–water partition coefficient (Wildman–Crippen LogP) is 1.43. The average Bonchev–Trinajstić information content (AvgIpc) is 2.92. The molecule has 1 fully saturated rings. The third-order valence-electron chi connectivity index (χ3n) is 3.66. The third kappa shape index (κ3) is 3.27. The molecular formula is C13H17N3O5.